The Balaban J connectivity index is 1.81. The molecular weight excluding hydrogens is 361 g/mol. The number of carbonyl (C=O) groups is 2. The molecule has 1 fully saturated rings. The average molecular weight is 384 g/mol. The molecule has 0 bridgehead atoms. The van der Waals surface area contributed by atoms with E-state index < -0.39 is 0 Å². The van der Waals surface area contributed by atoms with Crippen molar-refractivity contribution in [2.75, 3.05) is 26.2 Å². The number of likely N-dealkylation sites (tertiary alicyclic amines) is 1. The van der Waals surface area contributed by atoms with Gasteiger partial charge in [0.25, 0.3) is 0 Å². The van der Waals surface area contributed by atoms with Gasteiger partial charge in [-0.15, -0.1) is 0 Å². The van der Waals surface area contributed by atoms with Gasteiger partial charge in [0.15, 0.2) is 5.78 Å². The largest absolute Gasteiger partial charge is 0.466 e. The molecule has 0 amide bonds. The Kier molecular flexibility index (Phi) is 7.94. The zero-order chi connectivity index (χ0) is 18.2. The molecule has 6 heteroatoms. The molecule has 1 aliphatic rings. The van der Waals surface area contributed by atoms with Gasteiger partial charge in [0.1, 0.15) is 0 Å². The minimum Gasteiger partial charge on any atom is -0.466 e. The van der Waals surface area contributed by atoms with Gasteiger partial charge in [0.05, 0.1) is 12.5 Å². The predicted molar refractivity (Wildman–Crippen MR) is 101 cm³/mol. The number of rotatable bonds is 7. The van der Waals surface area contributed by atoms with Gasteiger partial charge < -0.3 is 9.64 Å². The maximum absolute atomic E-state index is 12.1. The number of hydrogen-bond acceptors (Lipinski definition) is 4. The van der Waals surface area contributed by atoms with Crippen LogP contribution < -0.4 is 0 Å². The highest BCUT2D eigenvalue weighted by Gasteiger charge is 2.26. The van der Waals surface area contributed by atoms with Crippen molar-refractivity contribution in [3.63, 3.8) is 0 Å². The molecule has 4 nitrogen and oxygen atoms in total. The normalized spacial score (nSPS) is 18.4. The van der Waals surface area contributed by atoms with Crippen LogP contribution in [0.1, 0.15) is 31.7 Å². The number of ketones is 1. The Morgan fingerprint density at radius 3 is 2.88 bits per heavy atom. The maximum Gasteiger partial charge on any atom is 0.310 e. The van der Waals surface area contributed by atoms with Crippen molar-refractivity contribution in [1.29, 1.82) is 0 Å². The van der Waals surface area contributed by atoms with Crippen molar-refractivity contribution in [2.24, 2.45) is 5.92 Å². The second kappa shape index (κ2) is 9.95. The molecule has 0 radical (unpaired) electrons. The van der Waals surface area contributed by atoms with Gasteiger partial charge in [-0.2, -0.15) is 0 Å². The predicted octanol–water partition coefficient (Wildman–Crippen LogP) is 4.24. The lowest BCUT2D eigenvalue weighted by Gasteiger charge is -2.31. The van der Waals surface area contributed by atoms with Gasteiger partial charge in [0, 0.05) is 29.6 Å². The van der Waals surface area contributed by atoms with Gasteiger partial charge >= 0.3 is 5.97 Å². The molecule has 1 aromatic rings. The molecule has 0 N–H and O–H groups in total. The Bertz CT molecular complexity index is 646. The first-order valence-electron chi connectivity index (χ1n) is 8.54. The first-order chi connectivity index (χ1) is 12.0. The summed E-state index contributed by atoms with van der Waals surface area (Å²) in [5, 5.41) is 1.08. The standard InChI is InChI=1S/C19H23Cl2NO3/c1-2-25-19(24)15-4-3-10-22(13-15)11-9-17(23)8-6-14-5-7-16(20)12-18(14)21/h5-8,12,15H,2-4,9-11,13H2,1H3. The van der Waals surface area contributed by atoms with E-state index in [1.807, 2.05) is 6.92 Å². The molecule has 0 spiro atoms. The van der Waals surface area contributed by atoms with Crippen LogP contribution in [-0.4, -0.2) is 42.9 Å². The van der Waals surface area contributed by atoms with E-state index in [2.05, 4.69) is 4.90 Å². The molecule has 1 aromatic carbocycles. The van der Waals surface area contributed by atoms with Crippen molar-refractivity contribution in [3.8, 4) is 0 Å². The van der Waals surface area contributed by atoms with Crippen LogP contribution in [0.3, 0.4) is 0 Å². The zero-order valence-electron chi connectivity index (χ0n) is 14.3. The SMILES string of the molecule is CCOC(=O)C1CCCN(CCC(=O)C=Cc2ccc(Cl)cc2Cl)C1. The highest BCUT2D eigenvalue weighted by atomic mass is 35.5. The summed E-state index contributed by atoms with van der Waals surface area (Å²) < 4.78 is 5.10. The van der Waals surface area contributed by atoms with Crippen LogP contribution in [-0.2, 0) is 14.3 Å². The lowest BCUT2D eigenvalue weighted by atomic mass is 9.98. The molecule has 0 saturated carbocycles. The summed E-state index contributed by atoms with van der Waals surface area (Å²) in [5.41, 5.74) is 0.764. The number of carbonyl (C=O) groups excluding carboxylic acids is 2. The molecule has 1 aliphatic heterocycles. The Hall–Kier alpha value is -1.36. The van der Waals surface area contributed by atoms with E-state index in [-0.39, 0.29) is 17.7 Å². The lowest BCUT2D eigenvalue weighted by Crippen LogP contribution is -2.40. The number of hydrogen-bond donors (Lipinski definition) is 0. The summed E-state index contributed by atoms with van der Waals surface area (Å²) in [6, 6.07) is 5.17. The van der Waals surface area contributed by atoms with Crippen LogP contribution in [0.25, 0.3) is 6.08 Å². The van der Waals surface area contributed by atoms with Crippen LogP contribution in [0, 0.1) is 5.92 Å². The summed E-state index contributed by atoms with van der Waals surface area (Å²) in [7, 11) is 0. The van der Waals surface area contributed by atoms with E-state index in [9.17, 15) is 9.59 Å². The van der Waals surface area contributed by atoms with Gasteiger partial charge in [-0.05, 0) is 56.2 Å². The fourth-order valence-electron chi connectivity index (χ4n) is 2.88. The maximum atomic E-state index is 12.1. The Morgan fingerprint density at radius 2 is 2.16 bits per heavy atom. The van der Waals surface area contributed by atoms with E-state index in [0.717, 1.165) is 24.9 Å². The average Bonchev–Trinajstić information content (AvgIpc) is 2.59. The van der Waals surface area contributed by atoms with Crippen LogP contribution in [0.2, 0.25) is 10.0 Å². The van der Waals surface area contributed by atoms with E-state index in [4.69, 9.17) is 27.9 Å². The molecule has 0 aromatic heterocycles. The molecule has 1 saturated heterocycles. The molecule has 1 atom stereocenters. The number of benzene rings is 1. The fraction of sp³-hybridized carbons (Fsp3) is 0.474. The third-order valence-corrected chi connectivity index (χ3v) is 4.77. The summed E-state index contributed by atoms with van der Waals surface area (Å²) in [6.07, 6.45) is 5.48. The van der Waals surface area contributed by atoms with Gasteiger partial charge in [-0.1, -0.05) is 29.3 Å². The highest BCUT2D eigenvalue weighted by Crippen LogP contribution is 2.22. The van der Waals surface area contributed by atoms with Gasteiger partial charge in [-0.25, -0.2) is 0 Å². The van der Waals surface area contributed by atoms with Crippen molar-refractivity contribution < 1.29 is 14.3 Å². The second-order valence-electron chi connectivity index (χ2n) is 6.11. The number of allylic oxidation sites excluding steroid dienone is 1. The molecule has 1 unspecified atom stereocenters. The molecule has 25 heavy (non-hydrogen) atoms. The van der Waals surface area contributed by atoms with Crippen LogP contribution in [0.15, 0.2) is 24.3 Å². The lowest BCUT2D eigenvalue weighted by molar-refractivity contribution is -0.149. The van der Waals surface area contributed by atoms with E-state index in [1.165, 1.54) is 0 Å². The van der Waals surface area contributed by atoms with Crippen molar-refractivity contribution in [3.05, 3.63) is 39.9 Å². The number of halogens is 2. The topological polar surface area (TPSA) is 46.6 Å². The second-order valence-corrected chi connectivity index (χ2v) is 6.95. The highest BCUT2D eigenvalue weighted by molar-refractivity contribution is 6.35. The van der Waals surface area contributed by atoms with Crippen molar-refractivity contribution >= 4 is 41.0 Å². The Labute approximate surface area is 158 Å². The molecular formula is C19H23Cl2NO3. The summed E-state index contributed by atoms with van der Waals surface area (Å²) in [6.45, 7) is 4.45. The zero-order valence-corrected chi connectivity index (χ0v) is 15.9. The molecule has 2 rings (SSSR count). The number of piperidine rings is 1. The fourth-order valence-corrected chi connectivity index (χ4v) is 3.35. The van der Waals surface area contributed by atoms with E-state index >= 15 is 0 Å². The van der Waals surface area contributed by atoms with Gasteiger partial charge in [-0.3, -0.25) is 9.59 Å². The number of ether oxygens (including phenoxy) is 1. The summed E-state index contributed by atoms with van der Waals surface area (Å²) in [4.78, 5) is 26.1. The molecule has 1 heterocycles. The minimum atomic E-state index is -0.129. The first kappa shape index (κ1) is 20.0. The van der Waals surface area contributed by atoms with Gasteiger partial charge in [0.2, 0.25) is 0 Å². The first-order valence-corrected chi connectivity index (χ1v) is 9.30. The third-order valence-electron chi connectivity index (χ3n) is 4.21. The molecule has 0 aliphatic carbocycles. The molecule has 136 valence electrons. The van der Waals surface area contributed by atoms with Crippen molar-refractivity contribution in [2.45, 2.75) is 26.2 Å². The van der Waals surface area contributed by atoms with E-state index in [0.29, 0.717) is 36.2 Å². The van der Waals surface area contributed by atoms with Crippen molar-refractivity contribution in [1.82, 2.24) is 4.90 Å². The number of esters is 1. The summed E-state index contributed by atoms with van der Waals surface area (Å²) in [5.74, 6) is -0.174. The third kappa shape index (κ3) is 6.46. The Morgan fingerprint density at radius 1 is 1.36 bits per heavy atom. The van der Waals surface area contributed by atoms with Crippen LogP contribution in [0.4, 0.5) is 0 Å². The van der Waals surface area contributed by atoms with Crippen LogP contribution in [0.5, 0.6) is 0 Å². The van der Waals surface area contributed by atoms with Crippen LogP contribution >= 0.6 is 23.2 Å². The minimum absolute atomic E-state index is 0.0317. The summed E-state index contributed by atoms with van der Waals surface area (Å²) >= 11 is 11.9. The smallest absolute Gasteiger partial charge is 0.310 e. The monoisotopic (exact) mass is 383 g/mol. The quantitative estimate of drug-likeness (QED) is 0.521. The number of nitrogens with zero attached hydrogens (tertiary/aromatic N) is 1. The van der Waals surface area contributed by atoms with E-state index in [1.54, 1.807) is 30.4 Å².